The molecule has 0 spiro atoms. The van der Waals surface area contributed by atoms with Crippen molar-refractivity contribution in [3.8, 4) is 0 Å². The third kappa shape index (κ3) is 37.3. The molecule has 0 heterocycles. The minimum Gasteiger partial charge on any atom is -0.744 e. The average Bonchev–Trinajstić information content (AvgIpc) is 3.31. The Balaban J connectivity index is 0. The number of unbranched alkanes of at least 4 members (excludes halogenated alkanes) is 27. The average molecular weight is 1060 g/mol. The molecule has 0 saturated carbocycles. The molecule has 0 aromatic heterocycles. The van der Waals surface area contributed by atoms with Crippen LogP contribution in [0, 0.1) is 0 Å². The van der Waals surface area contributed by atoms with Crippen molar-refractivity contribution in [2.24, 2.45) is 0 Å². The molecule has 69 heavy (non-hydrogen) atoms. The summed E-state index contributed by atoms with van der Waals surface area (Å²) in [5.41, 5.74) is 1.99. The van der Waals surface area contributed by atoms with Gasteiger partial charge in [0.15, 0.2) is 0 Å². The Morgan fingerprint density at radius 2 is 0.464 bits per heavy atom. The van der Waals surface area contributed by atoms with Gasteiger partial charge in [-0.1, -0.05) is 249 Å². The third-order valence-electron chi connectivity index (χ3n) is 12.1. The second kappa shape index (κ2) is 44.6. The maximum Gasteiger partial charge on any atom is 3.00 e. The predicted molar refractivity (Wildman–Crippen MR) is 278 cm³/mol. The fourth-order valence-electron chi connectivity index (χ4n) is 8.27. The quantitative estimate of drug-likeness (QED) is 0.0333. The first-order valence-electron chi connectivity index (χ1n) is 26.2. The zero-order valence-electron chi connectivity index (χ0n) is 43.0. The number of aliphatic hydroxyl groups is 1. The van der Waals surface area contributed by atoms with Gasteiger partial charge in [0.05, 0.1) is 14.7 Å². The summed E-state index contributed by atoms with van der Waals surface area (Å²) in [5.74, 6) is 0. The van der Waals surface area contributed by atoms with E-state index < -0.39 is 30.4 Å². The minimum absolute atomic E-state index is 0. The summed E-state index contributed by atoms with van der Waals surface area (Å²) in [4.78, 5) is -0.150. The molecule has 0 atom stereocenters. The third-order valence-corrected chi connectivity index (χ3v) is 14.9. The van der Waals surface area contributed by atoms with E-state index in [1.54, 1.807) is 54.6 Å². The smallest absolute Gasteiger partial charge is 0.744 e. The van der Waals surface area contributed by atoms with Crippen LogP contribution in [0.3, 0.4) is 0 Å². The molecular formula is C55H91FeO10S3. The van der Waals surface area contributed by atoms with Crippen LogP contribution in [-0.4, -0.2) is 51.1 Å². The van der Waals surface area contributed by atoms with Crippen molar-refractivity contribution in [1.82, 2.24) is 0 Å². The molecule has 0 aliphatic rings. The van der Waals surface area contributed by atoms with Crippen LogP contribution in [0.1, 0.15) is 230 Å². The van der Waals surface area contributed by atoms with E-state index in [-0.39, 0.29) is 31.8 Å². The molecule has 0 fully saturated rings. The molecule has 3 aromatic carbocycles. The van der Waals surface area contributed by atoms with Gasteiger partial charge in [-0.2, -0.15) is 0 Å². The van der Waals surface area contributed by atoms with Crippen molar-refractivity contribution < 1.29 is 61.1 Å². The van der Waals surface area contributed by atoms with E-state index in [9.17, 15) is 38.9 Å². The summed E-state index contributed by atoms with van der Waals surface area (Å²) in [7, 11) is -12.0. The van der Waals surface area contributed by atoms with E-state index in [1.165, 1.54) is 172 Å². The molecule has 10 nitrogen and oxygen atoms in total. The predicted octanol–water partition coefficient (Wildman–Crippen LogP) is 14.8. The van der Waals surface area contributed by atoms with Crippen LogP contribution in [0.5, 0.6) is 0 Å². The zero-order chi connectivity index (χ0) is 50.8. The van der Waals surface area contributed by atoms with Crippen molar-refractivity contribution in [3.05, 3.63) is 89.5 Å². The summed E-state index contributed by atoms with van der Waals surface area (Å²) in [6, 6.07) is 19.7. The van der Waals surface area contributed by atoms with Gasteiger partial charge in [-0.25, -0.2) is 25.3 Å². The topological polar surface area (TPSA) is 192 Å². The molecule has 3 rings (SSSR count). The van der Waals surface area contributed by atoms with E-state index in [1.807, 2.05) is 0 Å². The van der Waals surface area contributed by atoms with E-state index >= 15 is 0 Å². The number of hydrogen-bond donors (Lipinski definition) is 1. The van der Waals surface area contributed by atoms with E-state index in [0.29, 0.717) is 36.0 Å². The summed E-state index contributed by atoms with van der Waals surface area (Å²) in [6.45, 7) is 6.70. The van der Waals surface area contributed by atoms with E-state index in [0.717, 1.165) is 45.6 Å². The fourth-order valence-corrected chi connectivity index (χ4v) is 10.5. The second-order valence-corrected chi connectivity index (χ2v) is 22.0. The molecule has 397 valence electrons. The van der Waals surface area contributed by atoms with Gasteiger partial charge in [-0.05, 0) is 73.4 Å². The van der Waals surface area contributed by atoms with Crippen molar-refractivity contribution in [2.45, 2.75) is 247 Å². The maximum atomic E-state index is 11.2. The number of hydrogen-bond acceptors (Lipinski definition) is 10. The molecular weight excluding hydrogens is 973 g/mol. The van der Waals surface area contributed by atoms with Gasteiger partial charge in [0.2, 0.25) is 0 Å². The normalized spacial score (nSPS) is 11.3. The molecule has 14 heteroatoms. The Kier molecular flexibility index (Phi) is 44.5. The molecule has 0 unspecified atom stereocenters. The largest absolute Gasteiger partial charge is 3.00 e. The number of aliphatic hydroxyl groups excluding tert-OH is 1. The molecule has 0 aliphatic heterocycles. The monoisotopic (exact) mass is 1060 g/mol. The van der Waals surface area contributed by atoms with Crippen molar-refractivity contribution in [2.75, 3.05) is 7.11 Å². The van der Waals surface area contributed by atoms with Crippen LogP contribution in [0.25, 0.3) is 0 Å². The first-order valence-corrected chi connectivity index (χ1v) is 30.4. The van der Waals surface area contributed by atoms with Crippen molar-refractivity contribution >= 4 is 30.4 Å². The SMILES string of the molecule is CCCCCCCCCCCCc1ccccc1S(=O)(=O)[O-].CCCCCCCCCCCCc1ccccc1S(=O)(=O)[O-].CCCCCCCCCCCCc1ccccc1S(=O)(=O)[O-].CO.[Fe+3]. The zero-order valence-corrected chi connectivity index (χ0v) is 46.5. The van der Waals surface area contributed by atoms with Gasteiger partial charge in [0, 0.05) is 7.11 Å². The first-order chi connectivity index (χ1) is 32.7. The van der Waals surface area contributed by atoms with E-state index in [2.05, 4.69) is 20.8 Å². The van der Waals surface area contributed by atoms with Crippen LogP contribution in [0.4, 0.5) is 0 Å². The molecule has 3 aromatic rings. The maximum absolute atomic E-state index is 11.2. The van der Waals surface area contributed by atoms with Gasteiger partial charge < -0.3 is 18.8 Å². The van der Waals surface area contributed by atoms with Crippen molar-refractivity contribution in [1.29, 1.82) is 0 Å². The summed E-state index contributed by atoms with van der Waals surface area (Å²) < 4.78 is 101. The van der Waals surface area contributed by atoms with Crippen LogP contribution >= 0.6 is 0 Å². The Morgan fingerprint density at radius 3 is 0.638 bits per heavy atom. The Morgan fingerprint density at radius 1 is 0.304 bits per heavy atom. The van der Waals surface area contributed by atoms with Gasteiger partial charge in [0.25, 0.3) is 0 Å². The standard InChI is InChI=1S/3C18H30O3S.CH4O.Fe/c3*1-2-3-4-5-6-7-8-9-10-11-14-17-15-12-13-16-18(17)22(19,20)21;1-2;/h3*12-13,15-16H,2-11,14H2,1H3,(H,19,20,21);2H,1H3;/q;;;;+3/p-3. The molecule has 0 saturated heterocycles. The van der Waals surface area contributed by atoms with Gasteiger partial charge in [-0.15, -0.1) is 0 Å². The molecule has 1 radical (unpaired) electrons. The van der Waals surface area contributed by atoms with Gasteiger partial charge in [0.1, 0.15) is 30.4 Å². The van der Waals surface area contributed by atoms with E-state index in [4.69, 9.17) is 5.11 Å². The van der Waals surface area contributed by atoms with Crippen LogP contribution in [0.15, 0.2) is 87.5 Å². The number of rotatable bonds is 36. The Labute approximate surface area is 432 Å². The Bertz CT molecular complexity index is 1760. The van der Waals surface area contributed by atoms with Gasteiger partial charge >= 0.3 is 17.1 Å². The summed E-state index contributed by atoms with van der Waals surface area (Å²) in [6.07, 6.45) is 39.5. The van der Waals surface area contributed by atoms with Crippen LogP contribution in [0.2, 0.25) is 0 Å². The number of aryl methyl sites for hydroxylation is 3. The minimum atomic E-state index is -4.35. The number of benzene rings is 3. The molecule has 0 aliphatic carbocycles. The molecule has 1 N–H and O–H groups in total. The summed E-state index contributed by atoms with van der Waals surface area (Å²) >= 11 is 0. The van der Waals surface area contributed by atoms with Gasteiger partial charge in [-0.3, -0.25) is 0 Å². The van der Waals surface area contributed by atoms with Crippen LogP contribution in [-0.2, 0) is 66.7 Å². The molecule has 0 bridgehead atoms. The molecule has 0 amide bonds. The first kappa shape index (κ1) is 68.9. The summed E-state index contributed by atoms with van der Waals surface area (Å²) in [5, 5.41) is 7.00. The second-order valence-electron chi connectivity index (χ2n) is 18.0. The fraction of sp³-hybridized carbons (Fsp3) is 0.673. The Hall–Kier alpha value is -2.13. The van der Waals surface area contributed by atoms with Crippen LogP contribution < -0.4 is 0 Å². The van der Waals surface area contributed by atoms with Crippen molar-refractivity contribution in [3.63, 3.8) is 0 Å².